The smallest absolute Gasteiger partial charge is 0.340 e. The summed E-state index contributed by atoms with van der Waals surface area (Å²) in [4.78, 5) is 52.2. The van der Waals surface area contributed by atoms with Crippen LogP contribution < -0.4 is 5.73 Å². The van der Waals surface area contributed by atoms with Gasteiger partial charge in [0.25, 0.3) is 0 Å². The summed E-state index contributed by atoms with van der Waals surface area (Å²) in [6.07, 6.45) is -5.46. The predicted octanol–water partition coefficient (Wildman–Crippen LogP) is 4.63. The number of hydrogen-bond donors (Lipinski definition) is 1. The molecule has 1 aliphatic rings. The number of carbonyl (C=O) groups excluding carboxylic acids is 4. The Morgan fingerprint density at radius 3 is 1.31 bits per heavy atom. The largest absolute Gasteiger partial charge is 0.459 e. The van der Waals surface area contributed by atoms with Gasteiger partial charge in [-0.2, -0.15) is 0 Å². The predicted molar refractivity (Wildman–Crippen MR) is 164 cm³/mol. The lowest BCUT2D eigenvalue weighted by atomic mass is 9.96. The van der Waals surface area contributed by atoms with Gasteiger partial charge in [0, 0.05) is 0 Å². The third kappa shape index (κ3) is 8.33. The van der Waals surface area contributed by atoms with Crippen LogP contribution in [0.4, 0.5) is 0 Å². The van der Waals surface area contributed by atoms with Gasteiger partial charge in [0.2, 0.25) is 6.29 Å². The van der Waals surface area contributed by atoms with Crippen molar-refractivity contribution in [3.05, 3.63) is 144 Å². The molecule has 1 heterocycles. The second kappa shape index (κ2) is 15.6. The van der Waals surface area contributed by atoms with Crippen molar-refractivity contribution in [1.82, 2.24) is 0 Å². The summed E-state index contributed by atoms with van der Waals surface area (Å²) < 4.78 is 28.8. The van der Waals surface area contributed by atoms with Crippen LogP contribution in [0.5, 0.6) is 0 Å². The van der Waals surface area contributed by atoms with Gasteiger partial charge in [0.05, 0.1) is 22.3 Å². The lowest BCUT2D eigenvalue weighted by Gasteiger charge is -2.43. The zero-order chi connectivity index (χ0) is 30.9. The summed E-state index contributed by atoms with van der Waals surface area (Å²) in [5.74, 6) is -2.94. The van der Waals surface area contributed by atoms with Gasteiger partial charge < -0.3 is 29.4 Å². The van der Waals surface area contributed by atoms with Crippen LogP contribution in [-0.4, -0.2) is 61.1 Å². The number of nitrogens with two attached hydrogens (primary N) is 1. The molecule has 0 spiro atoms. The van der Waals surface area contributed by atoms with E-state index in [-0.39, 0.29) is 34.7 Å². The van der Waals surface area contributed by atoms with Gasteiger partial charge in [0.15, 0.2) is 12.2 Å². The van der Waals surface area contributed by atoms with Crippen LogP contribution in [0, 0.1) is 0 Å². The number of carbonyl (C=O) groups is 4. The highest BCUT2D eigenvalue weighted by Crippen LogP contribution is 2.29. The van der Waals surface area contributed by atoms with Crippen LogP contribution in [0.15, 0.2) is 121 Å². The first-order valence-corrected chi connectivity index (χ1v) is 13.8. The molecule has 11 heteroatoms. The topological polar surface area (TPSA) is 140 Å². The van der Waals surface area contributed by atoms with E-state index in [1.54, 1.807) is 121 Å². The van der Waals surface area contributed by atoms with Crippen molar-refractivity contribution in [1.29, 1.82) is 0 Å². The van der Waals surface area contributed by atoms with Gasteiger partial charge >= 0.3 is 23.9 Å². The Morgan fingerprint density at radius 1 is 0.533 bits per heavy atom. The SMILES string of the molecule is Cl.N[C@H]1C(OC(=O)c2ccccc2)O[C@H](COC(=O)c2ccccc2)[C@@H](OC(=O)c2ccccc2)[C@@H]1OC(=O)c1ccccc1. The Kier molecular flexibility index (Phi) is 11.4. The number of rotatable bonds is 9. The van der Waals surface area contributed by atoms with Gasteiger partial charge in [-0.25, -0.2) is 19.2 Å². The minimum Gasteiger partial charge on any atom is -0.459 e. The Bertz CT molecular complexity index is 1520. The van der Waals surface area contributed by atoms with Crippen LogP contribution in [-0.2, 0) is 23.7 Å². The zero-order valence-electron chi connectivity index (χ0n) is 23.8. The minimum atomic E-state index is -1.47. The highest BCUT2D eigenvalue weighted by atomic mass is 35.5. The summed E-state index contributed by atoms with van der Waals surface area (Å²) in [5.41, 5.74) is 7.44. The summed E-state index contributed by atoms with van der Waals surface area (Å²) in [7, 11) is 0. The van der Waals surface area contributed by atoms with Crippen molar-refractivity contribution in [2.24, 2.45) is 5.73 Å². The van der Waals surface area contributed by atoms with E-state index in [1.165, 1.54) is 0 Å². The molecule has 0 aliphatic carbocycles. The van der Waals surface area contributed by atoms with Crippen molar-refractivity contribution in [2.75, 3.05) is 6.61 Å². The third-order valence-electron chi connectivity index (χ3n) is 6.82. The Hall–Kier alpha value is -5.03. The minimum absolute atomic E-state index is 0. The van der Waals surface area contributed by atoms with E-state index >= 15 is 0 Å². The molecule has 4 aromatic carbocycles. The molecule has 0 bridgehead atoms. The van der Waals surface area contributed by atoms with E-state index in [0.717, 1.165) is 0 Å². The van der Waals surface area contributed by atoms with Crippen LogP contribution in [0.2, 0.25) is 0 Å². The van der Waals surface area contributed by atoms with Crippen LogP contribution >= 0.6 is 12.4 Å². The molecule has 1 saturated heterocycles. The van der Waals surface area contributed by atoms with E-state index in [9.17, 15) is 19.2 Å². The maximum atomic E-state index is 13.2. The second-order valence-corrected chi connectivity index (χ2v) is 9.83. The van der Waals surface area contributed by atoms with Crippen molar-refractivity contribution < 1.29 is 42.9 Å². The molecule has 0 saturated carbocycles. The van der Waals surface area contributed by atoms with E-state index in [0.29, 0.717) is 0 Å². The van der Waals surface area contributed by atoms with Crippen LogP contribution in [0.25, 0.3) is 0 Å². The maximum Gasteiger partial charge on any atom is 0.340 e. The molecule has 1 unspecified atom stereocenters. The summed E-state index contributed by atoms with van der Waals surface area (Å²) in [5, 5.41) is 0. The van der Waals surface area contributed by atoms with Crippen LogP contribution in [0.3, 0.4) is 0 Å². The van der Waals surface area contributed by atoms with Gasteiger partial charge in [-0.3, -0.25) is 0 Å². The number of benzene rings is 4. The lowest BCUT2D eigenvalue weighted by Crippen LogP contribution is -2.65. The molecule has 1 aliphatic heterocycles. The molecule has 5 rings (SSSR count). The monoisotopic (exact) mass is 631 g/mol. The first-order chi connectivity index (χ1) is 21.4. The summed E-state index contributed by atoms with van der Waals surface area (Å²) >= 11 is 0. The van der Waals surface area contributed by atoms with E-state index in [2.05, 4.69) is 0 Å². The molecule has 4 aromatic rings. The van der Waals surface area contributed by atoms with Crippen molar-refractivity contribution in [3.8, 4) is 0 Å². The molecule has 0 amide bonds. The first-order valence-electron chi connectivity index (χ1n) is 13.8. The molecule has 10 nitrogen and oxygen atoms in total. The molecular weight excluding hydrogens is 602 g/mol. The van der Waals surface area contributed by atoms with E-state index < -0.39 is 61.1 Å². The fraction of sp³-hybridized carbons (Fsp3) is 0.176. The normalized spacial score (nSPS) is 20.5. The Morgan fingerprint density at radius 2 is 0.889 bits per heavy atom. The van der Waals surface area contributed by atoms with Crippen molar-refractivity contribution in [2.45, 2.75) is 30.6 Å². The lowest BCUT2D eigenvalue weighted by molar-refractivity contribution is -0.247. The molecule has 5 atom stereocenters. The number of hydrogen-bond acceptors (Lipinski definition) is 10. The van der Waals surface area contributed by atoms with Gasteiger partial charge in [-0.1, -0.05) is 72.8 Å². The van der Waals surface area contributed by atoms with Gasteiger partial charge in [0.1, 0.15) is 18.8 Å². The fourth-order valence-electron chi connectivity index (χ4n) is 4.55. The Balaban J connectivity index is 0.00000461. The summed E-state index contributed by atoms with van der Waals surface area (Å²) in [6.45, 7) is -0.452. The van der Waals surface area contributed by atoms with Gasteiger partial charge in [-0.15, -0.1) is 12.4 Å². The average Bonchev–Trinajstić information content (AvgIpc) is 3.08. The first kappa shape index (κ1) is 32.9. The van der Waals surface area contributed by atoms with Gasteiger partial charge in [-0.05, 0) is 48.5 Å². The summed E-state index contributed by atoms with van der Waals surface area (Å²) in [6, 6.07) is 31.4. The molecule has 0 radical (unpaired) electrons. The number of esters is 4. The molecule has 2 N–H and O–H groups in total. The molecule has 232 valence electrons. The number of halogens is 1. The second-order valence-electron chi connectivity index (χ2n) is 9.83. The molecule has 0 aromatic heterocycles. The third-order valence-corrected chi connectivity index (χ3v) is 6.82. The number of ether oxygens (including phenoxy) is 5. The zero-order valence-corrected chi connectivity index (χ0v) is 24.6. The van der Waals surface area contributed by atoms with E-state index in [4.69, 9.17) is 29.4 Å². The quantitative estimate of drug-likeness (QED) is 0.205. The van der Waals surface area contributed by atoms with E-state index in [1.807, 2.05) is 0 Å². The van der Waals surface area contributed by atoms with Crippen LogP contribution in [0.1, 0.15) is 41.4 Å². The fourth-order valence-corrected chi connectivity index (χ4v) is 4.55. The average molecular weight is 632 g/mol. The standard InChI is InChI=1S/C34H29NO9.ClH/c35-27-29(43-32(38)24-17-9-3-10-18-24)28(42-31(37)23-15-7-2-8-16-23)26(21-40-30(36)22-13-5-1-6-14-22)41-34(27)44-33(39)25-19-11-4-12-20-25;/h1-20,26-29,34H,21,35H2;1H/t26-,27-,28-,29-,34?;/m1./s1. The van der Waals surface area contributed by atoms with Crippen molar-refractivity contribution in [3.63, 3.8) is 0 Å². The molecular formula is C34H30ClNO9. The Labute approximate surface area is 265 Å². The highest BCUT2D eigenvalue weighted by molar-refractivity contribution is 5.91. The molecule has 45 heavy (non-hydrogen) atoms. The van der Waals surface area contributed by atoms with Crippen molar-refractivity contribution >= 4 is 36.3 Å². The highest BCUT2D eigenvalue weighted by Gasteiger charge is 2.51. The molecule has 1 fully saturated rings. The maximum absolute atomic E-state index is 13.2.